The van der Waals surface area contributed by atoms with Crippen molar-refractivity contribution in [3.8, 4) is 0 Å². The highest BCUT2D eigenvalue weighted by Crippen LogP contribution is 2.22. The van der Waals surface area contributed by atoms with E-state index >= 15 is 0 Å². The molecule has 0 aromatic heterocycles. The summed E-state index contributed by atoms with van der Waals surface area (Å²) < 4.78 is 0. The van der Waals surface area contributed by atoms with Crippen molar-refractivity contribution in [3.05, 3.63) is 35.9 Å². The molecule has 3 heteroatoms. The number of hydrogen-bond donors (Lipinski definition) is 0. The lowest BCUT2D eigenvalue weighted by molar-refractivity contribution is -0.111. The lowest BCUT2D eigenvalue weighted by atomic mass is 10.0. The minimum atomic E-state index is 0.00766. The van der Waals surface area contributed by atoms with Crippen molar-refractivity contribution in [3.63, 3.8) is 0 Å². The summed E-state index contributed by atoms with van der Waals surface area (Å²) in [5.41, 5.74) is 1.32. The first-order chi connectivity index (χ1) is 8.29. The van der Waals surface area contributed by atoms with Gasteiger partial charge in [-0.1, -0.05) is 30.3 Å². The smallest absolute Gasteiger partial charge is 0.124 e. The zero-order chi connectivity index (χ0) is 12.1. The lowest BCUT2D eigenvalue weighted by Gasteiger charge is -2.19. The summed E-state index contributed by atoms with van der Waals surface area (Å²) >= 11 is 6.20. The SMILES string of the molecule is O=CC1CCN(Cc2ccccc2)CCC1Cl. The number of likely N-dealkylation sites (tertiary alicyclic amines) is 1. The maximum Gasteiger partial charge on any atom is 0.124 e. The van der Waals surface area contributed by atoms with E-state index in [1.807, 2.05) is 6.07 Å². The van der Waals surface area contributed by atoms with E-state index in [4.69, 9.17) is 11.6 Å². The first-order valence-corrected chi connectivity index (χ1v) is 6.59. The predicted octanol–water partition coefficient (Wildman–Crippen LogP) is 2.70. The lowest BCUT2D eigenvalue weighted by Crippen LogP contribution is -2.24. The first kappa shape index (κ1) is 12.6. The van der Waals surface area contributed by atoms with Crippen molar-refractivity contribution in [2.75, 3.05) is 13.1 Å². The normalized spacial score (nSPS) is 26.4. The van der Waals surface area contributed by atoms with Gasteiger partial charge in [0.15, 0.2) is 0 Å². The summed E-state index contributed by atoms with van der Waals surface area (Å²) in [6, 6.07) is 10.4. The van der Waals surface area contributed by atoms with Crippen molar-refractivity contribution >= 4 is 17.9 Å². The summed E-state index contributed by atoms with van der Waals surface area (Å²) in [4.78, 5) is 13.3. The van der Waals surface area contributed by atoms with Gasteiger partial charge in [-0.15, -0.1) is 11.6 Å². The average molecular weight is 252 g/mol. The number of alkyl halides is 1. The van der Waals surface area contributed by atoms with Crippen LogP contribution in [0.1, 0.15) is 18.4 Å². The molecule has 17 heavy (non-hydrogen) atoms. The van der Waals surface area contributed by atoms with E-state index in [2.05, 4.69) is 29.2 Å². The monoisotopic (exact) mass is 251 g/mol. The fourth-order valence-electron chi connectivity index (χ4n) is 2.30. The Hall–Kier alpha value is -0.860. The van der Waals surface area contributed by atoms with Crippen LogP contribution in [-0.4, -0.2) is 29.7 Å². The van der Waals surface area contributed by atoms with Gasteiger partial charge in [-0.2, -0.15) is 0 Å². The summed E-state index contributed by atoms with van der Waals surface area (Å²) in [5, 5.41) is 0.00766. The molecule has 1 aromatic rings. The van der Waals surface area contributed by atoms with Gasteiger partial charge >= 0.3 is 0 Å². The summed E-state index contributed by atoms with van der Waals surface area (Å²) in [5.74, 6) is 0.0254. The molecule has 0 aliphatic carbocycles. The first-order valence-electron chi connectivity index (χ1n) is 6.15. The van der Waals surface area contributed by atoms with Gasteiger partial charge in [0.05, 0.1) is 0 Å². The minimum absolute atomic E-state index is 0.00766. The molecule has 2 unspecified atom stereocenters. The van der Waals surface area contributed by atoms with Gasteiger partial charge in [-0.25, -0.2) is 0 Å². The van der Waals surface area contributed by atoms with Crippen molar-refractivity contribution in [2.45, 2.75) is 24.8 Å². The number of benzene rings is 1. The maximum atomic E-state index is 10.9. The molecule has 1 aliphatic heterocycles. The van der Waals surface area contributed by atoms with Gasteiger partial charge in [-0.3, -0.25) is 4.90 Å². The number of hydrogen-bond acceptors (Lipinski definition) is 2. The van der Waals surface area contributed by atoms with Gasteiger partial charge in [0.25, 0.3) is 0 Å². The highest BCUT2D eigenvalue weighted by Gasteiger charge is 2.24. The fraction of sp³-hybridized carbons (Fsp3) is 0.500. The van der Waals surface area contributed by atoms with Crippen LogP contribution in [0.4, 0.5) is 0 Å². The molecular weight excluding hydrogens is 234 g/mol. The van der Waals surface area contributed by atoms with Crippen LogP contribution < -0.4 is 0 Å². The Labute approximate surface area is 108 Å². The molecule has 0 amide bonds. The van der Waals surface area contributed by atoms with Crippen molar-refractivity contribution < 1.29 is 4.79 Å². The van der Waals surface area contributed by atoms with Crippen molar-refractivity contribution in [1.29, 1.82) is 0 Å². The quantitative estimate of drug-likeness (QED) is 0.608. The van der Waals surface area contributed by atoms with Crippen LogP contribution in [0.25, 0.3) is 0 Å². The van der Waals surface area contributed by atoms with E-state index in [1.54, 1.807) is 0 Å². The van der Waals surface area contributed by atoms with Gasteiger partial charge in [0.1, 0.15) is 6.29 Å². The fourth-order valence-corrected chi connectivity index (χ4v) is 2.58. The molecule has 0 N–H and O–H groups in total. The summed E-state index contributed by atoms with van der Waals surface area (Å²) in [6.45, 7) is 2.89. The molecule has 0 bridgehead atoms. The second kappa shape index (κ2) is 6.18. The molecule has 1 aliphatic rings. The Morgan fingerprint density at radius 3 is 2.65 bits per heavy atom. The third-order valence-electron chi connectivity index (χ3n) is 3.39. The molecule has 1 fully saturated rings. The maximum absolute atomic E-state index is 10.9. The Balaban J connectivity index is 1.93. The molecule has 92 valence electrons. The second-order valence-corrected chi connectivity index (χ2v) is 5.22. The van der Waals surface area contributed by atoms with Crippen LogP contribution >= 0.6 is 11.6 Å². The van der Waals surface area contributed by atoms with E-state index in [9.17, 15) is 4.79 Å². The Morgan fingerprint density at radius 2 is 1.94 bits per heavy atom. The minimum Gasteiger partial charge on any atom is -0.303 e. The Morgan fingerprint density at radius 1 is 1.24 bits per heavy atom. The molecule has 0 radical (unpaired) electrons. The van der Waals surface area contributed by atoms with Gasteiger partial charge < -0.3 is 4.79 Å². The number of rotatable bonds is 3. The average Bonchev–Trinajstić information content (AvgIpc) is 2.53. The Kier molecular flexibility index (Phi) is 4.57. The zero-order valence-corrected chi connectivity index (χ0v) is 10.6. The molecular formula is C14H18ClNO. The zero-order valence-electron chi connectivity index (χ0n) is 9.89. The third-order valence-corrected chi connectivity index (χ3v) is 3.93. The molecule has 1 saturated heterocycles. The van der Waals surface area contributed by atoms with Crippen LogP contribution in [0.3, 0.4) is 0 Å². The predicted molar refractivity (Wildman–Crippen MR) is 70.1 cm³/mol. The topological polar surface area (TPSA) is 20.3 Å². The molecule has 2 nitrogen and oxygen atoms in total. The van der Waals surface area contributed by atoms with Crippen LogP contribution in [0.15, 0.2) is 30.3 Å². The number of aldehydes is 1. The van der Waals surface area contributed by atoms with E-state index in [1.165, 1.54) is 5.56 Å². The standard InChI is InChI=1S/C14H18ClNO/c15-14-7-9-16(8-6-13(14)11-17)10-12-4-2-1-3-5-12/h1-5,11,13-14H,6-10H2. The van der Waals surface area contributed by atoms with Crippen LogP contribution in [0.5, 0.6) is 0 Å². The molecule has 2 atom stereocenters. The number of carbonyl (C=O) groups excluding carboxylic acids is 1. The number of halogens is 1. The molecule has 1 aromatic carbocycles. The van der Waals surface area contributed by atoms with Crippen LogP contribution in [0, 0.1) is 5.92 Å². The van der Waals surface area contributed by atoms with E-state index in [0.29, 0.717) is 0 Å². The summed E-state index contributed by atoms with van der Waals surface area (Å²) in [7, 11) is 0. The van der Waals surface area contributed by atoms with Gasteiger partial charge in [0.2, 0.25) is 0 Å². The molecule has 1 heterocycles. The second-order valence-electron chi connectivity index (χ2n) is 4.66. The van der Waals surface area contributed by atoms with E-state index in [0.717, 1.165) is 38.8 Å². The number of nitrogens with zero attached hydrogens (tertiary/aromatic N) is 1. The highest BCUT2D eigenvalue weighted by molar-refractivity contribution is 6.21. The van der Waals surface area contributed by atoms with Crippen molar-refractivity contribution in [2.24, 2.45) is 5.92 Å². The summed E-state index contributed by atoms with van der Waals surface area (Å²) in [6.07, 6.45) is 2.80. The van der Waals surface area contributed by atoms with Gasteiger partial charge in [0, 0.05) is 17.8 Å². The molecule has 2 rings (SSSR count). The number of carbonyl (C=O) groups is 1. The van der Waals surface area contributed by atoms with E-state index in [-0.39, 0.29) is 11.3 Å². The van der Waals surface area contributed by atoms with Crippen LogP contribution in [0.2, 0.25) is 0 Å². The highest BCUT2D eigenvalue weighted by atomic mass is 35.5. The van der Waals surface area contributed by atoms with Crippen LogP contribution in [-0.2, 0) is 11.3 Å². The Bertz CT molecular complexity index is 354. The molecule has 0 spiro atoms. The van der Waals surface area contributed by atoms with E-state index < -0.39 is 0 Å². The van der Waals surface area contributed by atoms with Crippen molar-refractivity contribution in [1.82, 2.24) is 4.90 Å². The van der Waals surface area contributed by atoms with Gasteiger partial charge in [-0.05, 0) is 31.5 Å². The largest absolute Gasteiger partial charge is 0.303 e. The third kappa shape index (κ3) is 3.55. The molecule has 0 saturated carbocycles.